The van der Waals surface area contributed by atoms with Gasteiger partial charge in [-0.25, -0.2) is 13.2 Å². The fraction of sp³-hybridized carbons (Fsp3) is 0.714. The van der Waals surface area contributed by atoms with Crippen LogP contribution in [-0.2, 0) is 19.4 Å². The van der Waals surface area contributed by atoms with E-state index < -0.39 is 38.7 Å². The summed E-state index contributed by atoms with van der Waals surface area (Å²) >= 11 is 0. The van der Waals surface area contributed by atoms with E-state index in [-0.39, 0.29) is 12.3 Å². The van der Waals surface area contributed by atoms with Crippen molar-refractivity contribution in [3.8, 4) is 0 Å². The molecule has 0 aliphatic carbocycles. The summed E-state index contributed by atoms with van der Waals surface area (Å²) < 4.78 is 41.2. The molecule has 1 aliphatic rings. The molecule has 1 rings (SSSR count). The fourth-order valence-electron chi connectivity index (χ4n) is 2.09. The van der Waals surface area contributed by atoms with Crippen LogP contribution in [0.25, 0.3) is 0 Å². The Bertz CT molecular complexity index is 595. The Morgan fingerprint density at radius 3 is 2.57 bits per heavy atom. The Morgan fingerprint density at radius 1 is 1.52 bits per heavy atom. The monoisotopic (exact) mass is 350 g/mol. The van der Waals surface area contributed by atoms with E-state index >= 15 is 0 Å². The van der Waals surface area contributed by atoms with E-state index in [1.54, 1.807) is 20.8 Å². The Kier molecular flexibility index (Phi) is 6.15. The lowest BCUT2D eigenvalue weighted by atomic mass is 9.98. The fourth-order valence-corrected chi connectivity index (χ4v) is 2.50. The van der Waals surface area contributed by atoms with Gasteiger partial charge in [-0.1, -0.05) is 0 Å². The molecule has 2 N–H and O–H groups in total. The number of hydrogen-bond donors (Lipinski definition) is 2. The highest BCUT2D eigenvalue weighted by atomic mass is 32.2. The van der Waals surface area contributed by atoms with E-state index in [4.69, 9.17) is 4.74 Å². The minimum Gasteiger partial charge on any atom is -0.444 e. The molecule has 0 bridgehead atoms. The average molecular weight is 350 g/mol. The summed E-state index contributed by atoms with van der Waals surface area (Å²) in [5, 5.41) is 3.69. The zero-order valence-electron chi connectivity index (χ0n) is 13.7. The molecule has 0 spiro atoms. The highest BCUT2D eigenvalue weighted by molar-refractivity contribution is 7.94. The zero-order chi connectivity index (χ0) is 17.8. The molecule has 0 unspecified atom stereocenters. The highest BCUT2D eigenvalue weighted by Gasteiger charge is 2.29. The number of halogens is 1. The van der Waals surface area contributed by atoms with Gasteiger partial charge in [0.2, 0.25) is 20.9 Å². The number of amides is 2. The smallest absolute Gasteiger partial charge is 0.408 e. The van der Waals surface area contributed by atoms with Crippen molar-refractivity contribution >= 4 is 21.8 Å². The van der Waals surface area contributed by atoms with Gasteiger partial charge in [0.1, 0.15) is 5.60 Å². The molecule has 0 aromatic heterocycles. The molecule has 7 nitrogen and oxygen atoms in total. The number of nitrogens with one attached hydrogen (secondary N) is 2. The molecule has 1 saturated heterocycles. The first-order valence-electron chi connectivity index (χ1n) is 7.23. The SMILES string of the molecule is CC(C)(C)OC(=O)N[C@H](C=C(F)S(C)(=O)=O)C[C@@H]1CCNC1=O. The number of rotatable bonds is 5. The van der Waals surface area contributed by atoms with E-state index in [0.29, 0.717) is 13.0 Å². The van der Waals surface area contributed by atoms with Crippen molar-refractivity contribution in [2.45, 2.75) is 45.3 Å². The molecule has 2 atom stereocenters. The third kappa shape index (κ3) is 6.98. The standard InChI is InChI=1S/C14H23FN2O5S/c1-14(2,3)22-13(19)17-10(8-11(15)23(4,20)21)7-9-5-6-16-12(9)18/h8-10H,5-7H2,1-4H3,(H,16,18)(H,17,19)/t9-,10-/m0/s1. The van der Waals surface area contributed by atoms with E-state index in [1.165, 1.54) is 0 Å². The van der Waals surface area contributed by atoms with E-state index in [1.807, 2.05) is 0 Å². The topological polar surface area (TPSA) is 102 Å². The van der Waals surface area contributed by atoms with Gasteiger partial charge in [0.25, 0.3) is 0 Å². The molecule has 1 aliphatic heterocycles. The average Bonchev–Trinajstić information content (AvgIpc) is 2.70. The number of carbonyl (C=O) groups is 2. The molecule has 0 radical (unpaired) electrons. The van der Waals surface area contributed by atoms with Crippen LogP contribution in [0.4, 0.5) is 9.18 Å². The van der Waals surface area contributed by atoms with Crippen LogP contribution >= 0.6 is 0 Å². The molecule has 0 saturated carbocycles. The van der Waals surface area contributed by atoms with Gasteiger partial charge in [0.05, 0.1) is 6.04 Å². The minimum atomic E-state index is -4.01. The van der Waals surface area contributed by atoms with Crippen LogP contribution in [0, 0.1) is 5.92 Å². The summed E-state index contributed by atoms with van der Waals surface area (Å²) in [4.78, 5) is 23.4. The van der Waals surface area contributed by atoms with Crippen molar-refractivity contribution < 1.29 is 27.1 Å². The van der Waals surface area contributed by atoms with Crippen molar-refractivity contribution in [2.24, 2.45) is 5.92 Å². The summed E-state index contributed by atoms with van der Waals surface area (Å²) in [6.07, 6.45) is 1.35. The summed E-state index contributed by atoms with van der Waals surface area (Å²) in [6, 6.07) is -0.964. The van der Waals surface area contributed by atoms with Crippen molar-refractivity contribution in [3.05, 3.63) is 11.2 Å². The van der Waals surface area contributed by atoms with Crippen LogP contribution in [-0.4, -0.2) is 44.9 Å². The number of carbonyl (C=O) groups excluding carboxylic acids is 2. The van der Waals surface area contributed by atoms with Crippen molar-refractivity contribution in [2.75, 3.05) is 12.8 Å². The summed E-state index contributed by atoms with van der Waals surface area (Å²) in [5.41, 5.74) is -0.752. The molecule has 9 heteroatoms. The highest BCUT2D eigenvalue weighted by Crippen LogP contribution is 2.19. The Hall–Kier alpha value is -1.64. The normalized spacial score (nSPS) is 20.8. The second-order valence-electron chi connectivity index (χ2n) is 6.51. The van der Waals surface area contributed by atoms with Crippen molar-refractivity contribution in [3.63, 3.8) is 0 Å². The molecule has 132 valence electrons. The first-order chi connectivity index (χ1) is 10.4. The van der Waals surface area contributed by atoms with Crippen LogP contribution in [0.2, 0.25) is 0 Å². The summed E-state index contributed by atoms with van der Waals surface area (Å²) in [7, 11) is -4.01. The van der Waals surface area contributed by atoms with Crippen LogP contribution in [0.3, 0.4) is 0 Å². The molecule has 0 aromatic carbocycles. The van der Waals surface area contributed by atoms with Gasteiger partial charge in [-0.05, 0) is 39.7 Å². The number of hydrogen-bond acceptors (Lipinski definition) is 5. The largest absolute Gasteiger partial charge is 0.444 e. The van der Waals surface area contributed by atoms with Gasteiger partial charge < -0.3 is 15.4 Å². The maximum Gasteiger partial charge on any atom is 0.408 e. The Labute approximate surface area is 135 Å². The zero-order valence-corrected chi connectivity index (χ0v) is 14.5. The molecule has 1 heterocycles. The number of alkyl carbamates (subject to hydrolysis) is 1. The predicted octanol–water partition coefficient (Wildman–Crippen LogP) is 1.26. The lowest BCUT2D eigenvalue weighted by Gasteiger charge is -2.23. The number of ether oxygens (including phenoxy) is 1. The molecule has 2 amide bonds. The lowest BCUT2D eigenvalue weighted by molar-refractivity contribution is -0.122. The molecule has 23 heavy (non-hydrogen) atoms. The first kappa shape index (κ1) is 19.4. The second kappa shape index (κ2) is 7.29. The number of sulfone groups is 1. The quantitative estimate of drug-likeness (QED) is 0.777. The van der Waals surface area contributed by atoms with Crippen molar-refractivity contribution in [1.82, 2.24) is 10.6 Å². The minimum absolute atomic E-state index is 0.0913. The molecular formula is C14H23FN2O5S. The third-order valence-corrected chi connectivity index (χ3v) is 3.93. The van der Waals surface area contributed by atoms with Crippen LogP contribution in [0.1, 0.15) is 33.6 Å². The van der Waals surface area contributed by atoms with Gasteiger partial charge in [-0.15, -0.1) is 0 Å². The predicted molar refractivity (Wildman–Crippen MR) is 82.9 cm³/mol. The van der Waals surface area contributed by atoms with Gasteiger partial charge >= 0.3 is 6.09 Å². The van der Waals surface area contributed by atoms with Gasteiger partial charge in [-0.3, -0.25) is 4.79 Å². The van der Waals surface area contributed by atoms with Crippen LogP contribution < -0.4 is 10.6 Å². The maximum atomic E-state index is 13.7. The molecular weight excluding hydrogens is 327 g/mol. The third-order valence-electron chi connectivity index (χ3n) is 3.09. The molecule has 0 aromatic rings. The Balaban J connectivity index is 2.88. The first-order valence-corrected chi connectivity index (χ1v) is 9.12. The van der Waals surface area contributed by atoms with Crippen molar-refractivity contribution in [1.29, 1.82) is 0 Å². The van der Waals surface area contributed by atoms with Gasteiger partial charge in [0.15, 0.2) is 0 Å². The Morgan fingerprint density at radius 2 is 2.13 bits per heavy atom. The second-order valence-corrected chi connectivity index (χ2v) is 8.44. The maximum absolute atomic E-state index is 13.7. The van der Waals surface area contributed by atoms with E-state index in [2.05, 4.69) is 10.6 Å². The molecule has 1 fully saturated rings. The lowest BCUT2D eigenvalue weighted by Crippen LogP contribution is -2.40. The summed E-state index contributed by atoms with van der Waals surface area (Å²) in [5.74, 6) is -0.618. The van der Waals surface area contributed by atoms with Gasteiger partial charge in [0, 0.05) is 18.7 Å². The van der Waals surface area contributed by atoms with E-state index in [9.17, 15) is 22.4 Å². The van der Waals surface area contributed by atoms with Crippen LogP contribution in [0.5, 0.6) is 0 Å². The van der Waals surface area contributed by atoms with Crippen LogP contribution in [0.15, 0.2) is 11.2 Å². The van der Waals surface area contributed by atoms with Gasteiger partial charge in [-0.2, -0.15) is 4.39 Å². The van der Waals surface area contributed by atoms with E-state index in [0.717, 1.165) is 12.3 Å². The summed E-state index contributed by atoms with van der Waals surface area (Å²) in [6.45, 7) is 5.50.